The number of aliphatic hydroxyl groups is 1. The van der Waals surface area contributed by atoms with Crippen molar-refractivity contribution < 1.29 is 28.6 Å². The number of aliphatic hydroxyl groups excluding tert-OH is 1. The molecule has 1 saturated heterocycles. The van der Waals surface area contributed by atoms with Crippen molar-refractivity contribution in [2.24, 2.45) is 0 Å². The van der Waals surface area contributed by atoms with Gasteiger partial charge in [-0.1, -0.05) is 0 Å². The Bertz CT molecular complexity index is 991. The molecule has 8 heteroatoms. The lowest BCUT2D eigenvalue weighted by Gasteiger charge is -2.24. The van der Waals surface area contributed by atoms with E-state index >= 15 is 0 Å². The van der Waals surface area contributed by atoms with Crippen molar-refractivity contribution in [2.45, 2.75) is 13.0 Å². The fourth-order valence-electron chi connectivity index (χ4n) is 3.45. The Kier molecular flexibility index (Phi) is 6.17. The van der Waals surface area contributed by atoms with Crippen molar-refractivity contribution in [3.63, 3.8) is 0 Å². The van der Waals surface area contributed by atoms with Crippen molar-refractivity contribution in [1.82, 2.24) is 9.80 Å². The minimum atomic E-state index is -0.828. The van der Waals surface area contributed by atoms with E-state index in [2.05, 4.69) is 0 Å². The zero-order chi connectivity index (χ0) is 22.0. The van der Waals surface area contributed by atoms with Gasteiger partial charge in [-0.15, -0.1) is 0 Å². The second-order valence-corrected chi connectivity index (χ2v) is 7.31. The van der Waals surface area contributed by atoms with E-state index in [-0.39, 0.29) is 16.9 Å². The molecule has 1 fully saturated rings. The number of hydrogen-bond donors (Lipinski definition) is 1. The molecule has 0 aliphatic carbocycles. The number of methoxy groups -OCH3 is 2. The third kappa shape index (κ3) is 3.91. The first kappa shape index (κ1) is 21.4. The molecule has 0 radical (unpaired) electrons. The highest BCUT2D eigenvalue weighted by molar-refractivity contribution is 6.46. The van der Waals surface area contributed by atoms with E-state index in [1.807, 2.05) is 19.0 Å². The SMILES string of the molecule is COc1ccc(/C(O)=C2/C(=O)C(=O)N(CCN(C)C)C2c2ccc(C)o2)c(OC)c1. The van der Waals surface area contributed by atoms with Crippen molar-refractivity contribution in [3.8, 4) is 11.5 Å². The highest BCUT2D eigenvalue weighted by Gasteiger charge is 2.47. The Morgan fingerprint density at radius 1 is 1.17 bits per heavy atom. The second kappa shape index (κ2) is 8.62. The van der Waals surface area contributed by atoms with Crippen molar-refractivity contribution in [2.75, 3.05) is 41.4 Å². The van der Waals surface area contributed by atoms with Crippen LogP contribution in [0, 0.1) is 6.92 Å². The van der Waals surface area contributed by atoms with Crippen molar-refractivity contribution >= 4 is 17.4 Å². The quantitative estimate of drug-likeness (QED) is 0.423. The number of likely N-dealkylation sites (N-methyl/N-ethyl adjacent to an activating group) is 1. The minimum absolute atomic E-state index is 0.0310. The first-order valence-corrected chi connectivity index (χ1v) is 9.50. The number of benzene rings is 1. The van der Waals surface area contributed by atoms with Gasteiger partial charge in [0.05, 0.1) is 25.4 Å². The Hall–Kier alpha value is -3.26. The van der Waals surface area contributed by atoms with Crippen LogP contribution in [0.25, 0.3) is 5.76 Å². The molecule has 1 N–H and O–H groups in total. The number of carbonyl (C=O) groups excluding carboxylic acids is 2. The van der Waals surface area contributed by atoms with Gasteiger partial charge in [0.1, 0.15) is 34.8 Å². The third-order valence-electron chi connectivity index (χ3n) is 5.02. The molecule has 1 unspecified atom stereocenters. The summed E-state index contributed by atoms with van der Waals surface area (Å²) in [6.07, 6.45) is 0. The number of carbonyl (C=O) groups is 2. The molecule has 160 valence electrons. The number of ether oxygens (including phenoxy) is 2. The molecule has 1 aliphatic heterocycles. The third-order valence-corrected chi connectivity index (χ3v) is 5.02. The molecule has 8 nitrogen and oxygen atoms in total. The van der Waals surface area contributed by atoms with Crippen LogP contribution in [0.1, 0.15) is 23.1 Å². The van der Waals surface area contributed by atoms with Crippen LogP contribution in [0.4, 0.5) is 0 Å². The van der Waals surface area contributed by atoms with Gasteiger partial charge < -0.3 is 28.8 Å². The van der Waals surface area contributed by atoms with Crippen LogP contribution < -0.4 is 9.47 Å². The lowest BCUT2D eigenvalue weighted by molar-refractivity contribution is -0.140. The lowest BCUT2D eigenvalue weighted by atomic mass is 9.98. The monoisotopic (exact) mass is 414 g/mol. The predicted molar refractivity (Wildman–Crippen MR) is 111 cm³/mol. The number of furan rings is 1. The van der Waals surface area contributed by atoms with Gasteiger partial charge >= 0.3 is 0 Å². The van der Waals surface area contributed by atoms with Crippen LogP contribution >= 0.6 is 0 Å². The average Bonchev–Trinajstić information content (AvgIpc) is 3.26. The van der Waals surface area contributed by atoms with Gasteiger partial charge in [0.2, 0.25) is 0 Å². The summed E-state index contributed by atoms with van der Waals surface area (Å²) in [7, 11) is 6.73. The maximum absolute atomic E-state index is 13.0. The average molecular weight is 414 g/mol. The molecule has 30 heavy (non-hydrogen) atoms. The summed E-state index contributed by atoms with van der Waals surface area (Å²) < 4.78 is 16.3. The smallest absolute Gasteiger partial charge is 0.295 e. The summed E-state index contributed by atoms with van der Waals surface area (Å²) in [6, 6.07) is 7.48. The Labute approximate surface area is 175 Å². The molecule has 1 amide bonds. The Balaban J connectivity index is 2.17. The van der Waals surface area contributed by atoms with Gasteiger partial charge in [-0.05, 0) is 45.3 Å². The summed E-state index contributed by atoms with van der Waals surface area (Å²) in [6.45, 7) is 2.63. The fraction of sp³-hybridized carbons (Fsp3) is 0.364. The lowest BCUT2D eigenvalue weighted by Crippen LogP contribution is -2.35. The molecule has 1 aromatic carbocycles. The van der Waals surface area contributed by atoms with Crippen LogP contribution in [0.2, 0.25) is 0 Å². The number of aryl methyl sites for hydroxylation is 1. The maximum Gasteiger partial charge on any atom is 0.295 e. The molecule has 1 aromatic heterocycles. The van der Waals surface area contributed by atoms with Crippen LogP contribution in [-0.2, 0) is 9.59 Å². The van der Waals surface area contributed by atoms with Gasteiger partial charge in [-0.25, -0.2) is 0 Å². The van der Waals surface area contributed by atoms with Gasteiger partial charge in [0.15, 0.2) is 0 Å². The van der Waals surface area contributed by atoms with E-state index in [4.69, 9.17) is 13.9 Å². The number of amides is 1. The van der Waals surface area contributed by atoms with E-state index in [9.17, 15) is 14.7 Å². The summed E-state index contributed by atoms with van der Waals surface area (Å²) in [5.41, 5.74) is 0.258. The van der Waals surface area contributed by atoms with E-state index < -0.39 is 17.7 Å². The number of ketones is 1. The van der Waals surface area contributed by atoms with Crippen LogP contribution in [0.15, 0.2) is 40.3 Å². The normalized spacial score (nSPS) is 18.3. The first-order valence-electron chi connectivity index (χ1n) is 9.50. The Morgan fingerprint density at radius 3 is 2.47 bits per heavy atom. The molecular weight excluding hydrogens is 388 g/mol. The highest BCUT2D eigenvalue weighted by Crippen LogP contribution is 2.41. The summed E-state index contributed by atoms with van der Waals surface area (Å²) in [5, 5.41) is 11.1. The highest BCUT2D eigenvalue weighted by atomic mass is 16.5. The molecule has 3 rings (SSSR count). The van der Waals surface area contributed by atoms with Crippen LogP contribution in [-0.4, -0.2) is 68.0 Å². The molecule has 2 heterocycles. The largest absolute Gasteiger partial charge is 0.507 e. The number of Topliss-reactive ketones (excluding diaryl/α,β-unsaturated/α-hetero) is 1. The maximum atomic E-state index is 13.0. The number of likely N-dealkylation sites (tertiary alicyclic amines) is 1. The fourth-order valence-corrected chi connectivity index (χ4v) is 3.45. The molecular formula is C22H26N2O6. The molecule has 0 saturated carbocycles. The van der Waals surface area contributed by atoms with E-state index in [1.165, 1.54) is 19.1 Å². The molecule has 1 aliphatic rings. The summed E-state index contributed by atoms with van der Waals surface area (Å²) in [4.78, 5) is 29.1. The van der Waals surface area contributed by atoms with Gasteiger partial charge in [0.25, 0.3) is 11.7 Å². The van der Waals surface area contributed by atoms with Crippen LogP contribution in [0.5, 0.6) is 11.5 Å². The van der Waals surface area contributed by atoms with Crippen molar-refractivity contribution in [3.05, 3.63) is 53.0 Å². The molecule has 0 spiro atoms. The van der Waals surface area contributed by atoms with Crippen LogP contribution in [0.3, 0.4) is 0 Å². The topological polar surface area (TPSA) is 92.5 Å². The van der Waals surface area contributed by atoms with E-state index in [0.29, 0.717) is 36.1 Å². The Morgan fingerprint density at radius 2 is 1.90 bits per heavy atom. The zero-order valence-electron chi connectivity index (χ0n) is 17.8. The predicted octanol–water partition coefficient (Wildman–Crippen LogP) is 2.59. The molecule has 2 aromatic rings. The van der Waals surface area contributed by atoms with Gasteiger partial charge in [0, 0.05) is 19.2 Å². The summed E-state index contributed by atoms with van der Waals surface area (Å²) >= 11 is 0. The molecule has 0 bridgehead atoms. The van der Waals surface area contributed by atoms with Gasteiger partial charge in [-0.3, -0.25) is 9.59 Å². The first-order chi connectivity index (χ1) is 14.3. The molecule has 1 atom stereocenters. The number of nitrogens with zero attached hydrogens (tertiary/aromatic N) is 2. The number of rotatable bonds is 7. The number of hydrogen-bond acceptors (Lipinski definition) is 7. The standard InChI is InChI=1S/C22H26N2O6/c1-13-6-9-16(30-13)19-18(21(26)22(27)24(19)11-10-23(2)3)20(25)15-8-7-14(28-4)12-17(15)29-5/h6-9,12,19,25H,10-11H2,1-5H3/b20-18-. The van der Waals surface area contributed by atoms with Gasteiger partial charge in [-0.2, -0.15) is 0 Å². The minimum Gasteiger partial charge on any atom is -0.507 e. The zero-order valence-corrected chi connectivity index (χ0v) is 17.8. The van der Waals surface area contributed by atoms with E-state index in [0.717, 1.165) is 0 Å². The van der Waals surface area contributed by atoms with E-state index in [1.54, 1.807) is 37.3 Å². The summed E-state index contributed by atoms with van der Waals surface area (Å²) in [5.74, 6) is 0.158. The second-order valence-electron chi connectivity index (χ2n) is 7.31. The van der Waals surface area contributed by atoms with Crippen molar-refractivity contribution in [1.29, 1.82) is 0 Å².